The summed E-state index contributed by atoms with van der Waals surface area (Å²) in [6.45, 7) is 1.49. The Bertz CT molecular complexity index is 609. The van der Waals surface area contributed by atoms with Gasteiger partial charge in [-0.15, -0.1) is 0 Å². The first-order valence-corrected chi connectivity index (χ1v) is 8.51. The Morgan fingerprint density at radius 2 is 1.91 bits per heavy atom. The minimum absolute atomic E-state index is 0.297. The number of halogens is 3. The predicted molar refractivity (Wildman–Crippen MR) is 76.9 cm³/mol. The van der Waals surface area contributed by atoms with Gasteiger partial charge in [-0.2, -0.15) is 17.5 Å². The summed E-state index contributed by atoms with van der Waals surface area (Å²) in [5.41, 5.74) is -0.946. The lowest BCUT2D eigenvalue weighted by Crippen LogP contribution is -2.40. The molecule has 0 aliphatic carbocycles. The monoisotopic (exact) mass is 336 g/mol. The smallest absolute Gasteiger partial charge is 0.319 e. The fourth-order valence-electron chi connectivity index (χ4n) is 2.62. The number of benzene rings is 1. The fourth-order valence-corrected chi connectivity index (χ4v) is 4.14. The second kappa shape index (κ2) is 6.55. The van der Waals surface area contributed by atoms with Crippen molar-refractivity contribution in [3.8, 4) is 0 Å². The molecule has 22 heavy (non-hydrogen) atoms. The normalized spacial score (nSPS) is 18.5. The van der Waals surface area contributed by atoms with Gasteiger partial charge < -0.3 is 5.32 Å². The fraction of sp³-hybridized carbons (Fsp3) is 0.571. The van der Waals surface area contributed by atoms with Gasteiger partial charge >= 0.3 is 6.18 Å². The Morgan fingerprint density at radius 1 is 1.27 bits per heavy atom. The number of sulfonamides is 1. The van der Waals surface area contributed by atoms with Crippen molar-refractivity contribution >= 4 is 10.0 Å². The summed E-state index contributed by atoms with van der Waals surface area (Å²) in [6, 6.07) is 3.92. The maximum atomic E-state index is 12.7. The Balaban J connectivity index is 2.18. The molecule has 1 aromatic rings. The van der Waals surface area contributed by atoms with Gasteiger partial charge in [0.05, 0.1) is 10.5 Å². The summed E-state index contributed by atoms with van der Waals surface area (Å²) >= 11 is 0. The average molecular weight is 336 g/mol. The summed E-state index contributed by atoms with van der Waals surface area (Å²) < 4.78 is 64.4. The van der Waals surface area contributed by atoms with Crippen LogP contribution >= 0.6 is 0 Å². The highest BCUT2D eigenvalue weighted by molar-refractivity contribution is 7.89. The minimum Gasteiger partial charge on any atom is -0.319 e. The van der Waals surface area contributed by atoms with E-state index in [9.17, 15) is 21.6 Å². The van der Waals surface area contributed by atoms with E-state index in [1.807, 2.05) is 7.05 Å². The van der Waals surface area contributed by atoms with Crippen molar-refractivity contribution in [2.45, 2.75) is 23.9 Å². The number of rotatable bonds is 4. The van der Waals surface area contributed by atoms with Crippen molar-refractivity contribution in [1.82, 2.24) is 9.62 Å². The van der Waals surface area contributed by atoms with Crippen molar-refractivity contribution in [2.24, 2.45) is 5.92 Å². The molecule has 4 nitrogen and oxygen atoms in total. The van der Waals surface area contributed by atoms with Crippen LogP contribution in [0, 0.1) is 5.92 Å². The molecule has 1 aromatic carbocycles. The van der Waals surface area contributed by atoms with Crippen molar-refractivity contribution in [3.63, 3.8) is 0 Å². The van der Waals surface area contributed by atoms with E-state index in [-0.39, 0.29) is 4.90 Å². The molecule has 0 amide bonds. The molecule has 0 spiro atoms. The summed E-state index contributed by atoms with van der Waals surface area (Å²) in [5.74, 6) is 0.401. The minimum atomic E-state index is -4.55. The molecule has 0 saturated carbocycles. The second-order valence-electron chi connectivity index (χ2n) is 5.43. The van der Waals surface area contributed by atoms with E-state index in [0.29, 0.717) is 37.9 Å². The van der Waals surface area contributed by atoms with Gasteiger partial charge in [0.2, 0.25) is 10.0 Å². The van der Waals surface area contributed by atoms with E-state index >= 15 is 0 Å². The molecule has 0 bridgehead atoms. The number of hydrogen-bond donors (Lipinski definition) is 1. The number of piperidine rings is 1. The van der Waals surface area contributed by atoms with E-state index in [2.05, 4.69) is 5.32 Å². The first-order chi connectivity index (χ1) is 10.2. The Labute approximate surface area is 128 Å². The van der Waals surface area contributed by atoms with Gasteiger partial charge in [0.25, 0.3) is 0 Å². The maximum Gasteiger partial charge on any atom is 0.416 e. The highest BCUT2D eigenvalue weighted by atomic mass is 32.2. The van der Waals surface area contributed by atoms with Crippen LogP contribution in [0.1, 0.15) is 18.4 Å². The van der Waals surface area contributed by atoms with E-state index < -0.39 is 21.8 Å². The van der Waals surface area contributed by atoms with Crippen LogP contribution in [0.15, 0.2) is 29.2 Å². The Kier molecular flexibility index (Phi) is 5.14. The standard InChI is InChI=1S/C14H19F3N2O2S/c1-18-10-11-5-7-19(8-6-11)22(20,21)13-4-2-3-12(9-13)14(15,16)17/h2-4,9,11,18H,5-8,10H2,1H3. The molecule has 1 aliphatic rings. The Morgan fingerprint density at radius 3 is 2.45 bits per heavy atom. The molecule has 1 aliphatic heterocycles. The van der Waals surface area contributed by atoms with E-state index in [1.54, 1.807) is 0 Å². The first kappa shape index (κ1) is 17.2. The zero-order valence-electron chi connectivity index (χ0n) is 12.2. The largest absolute Gasteiger partial charge is 0.416 e. The molecule has 2 rings (SSSR count). The van der Waals surface area contributed by atoms with Crippen LogP contribution in [0.5, 0.6) is 0 Å². The zero-order valence-corrected chi connectivity index (χ0v) is 13.0. The van der Waals surface area contributed by atoms with Crippen LogP contribution in [0.4, 0.5) is 13.2 Å². The van der Waals surface area contributed by atoms with Crippen LogP contribution in [0.2, 0.25) is 0 Å². The molecule has 1 fully saturated rings. The third-order valence-electron chi connectivity index (χ3n) is 3.87. The molecule has 1 saturated heterocycles. The lowest BCUT2D eigenvalue weighted by atomic mass is 9.98. The molecule has 1 N–H and O–H groups in total. The van der Waals surface area contributed by atoms with Crippen LogP contribution in [0.3, 0.4) is 0 Å². The van der Waals surface area contributed by atoms with Crippen molar-refractivity contribution in [1.29, 1.82) is 0 Å². The molecule has 1 heterocycles. The van der Waals surface area contributed by atoms with Crippen LogP contribution in [-0.2, 0) is 16.2 Å². The summed E-state index contributed by atoms with van der Waals surface area (Å²) in [4.78, 5) is -0.297. The summed E-state index contributed by atoms with van der Waals surface area (Å²) in [7, 11) is -2.03. The van der Waals surface area contributed by atoms with Gasteiger partial charge in [0.1, 0.15) is 0 Å². The van der Waals surface area contributed by atoms with Crippen LogP contribution < -0.4 is 5.32 Å². The number of hydrogen-bond acceptors (Lipinski definition) is 3. The van der Waals surface area contributed by atoms with Crippen molar-refractivity contribution in [3.05, 3.63) is 29.8 Å². The molecule has 0 atom stereocenters. The van der Waals surface area contributed by atoms with E-state index in [1.165, 1.54) is 10.4 Å². The highest BCUT2D eigenvalue weighted by Crippen LogP contribution is 2.31. The average Bonchev–Trinajstić information content (AvgIpc) is 2.47. The topological polar surface area (TPSA) is 49.4 Å². The summed E-state index contributed by atoms with van der Waals surface area (Å²) in [6.07, 6.45) is -3.14. The van der Waals surface area contributed by atoms with Gasteiger partial charge in [-0.05, 0) is 50.6 Å². The lowest BCUT2D eigenvalue weighted by Gasteiger charge is -2.31. The van der Waals surface area contributed by atoms with Gasteiger partial charge in [0.15, 0.2) is 0 Å². The van der Waals surface area contributed by atoms with Crippen LogP contribution in [-0.4, -0.2) is 39.4 Å². The highest BCUT2D eigenvalue weighted by Gasteiger charge is 2.34. The molecule has 124 valence electrons. The second-order valence-corrected chi connectivity index (χ2v) is 7.37. The van der Waals surface area contributed by atoms with Crippen molar-refractivity contribution in [2.75, 3.05) is 26.7 Å². The summed E-state index contributed by atoms with van der Waals surface area (Å²) in [5, 5.41) is 3.05. The zero-order chi connectivity index (χ0) is 16.4. The quantitative estimate of drug-likeness (QED) is 0.918. The first-order valence-electron chi connectivity index (χ1n) is 7.07. The number of alkyl halides is 3. The van der Waals surface area contributed by atoms with Gasteiger partial charge in [-0.3, -0.25) is 0 Å². The van der Waals surface area contributed by atoms with E-state index in [4.69, 9.17) is 0 Å². The van der Waals surface area contributed by atoms with Gasteiger partial charge in [-0.1, -0.05) is 6.07 Å². The molecule has 0 unspecified atom stereocenters. The Hall–Kier alpha value is -1.12. The molecular weight excluding hydrogens is 317 g/mol. The van der Waals surface area contributed by atoms with Crippen LogP contribution in [0.25, 0.3) is 0 Å². The SMILES string of the molecule is CNCC1CCN(S(=O)(=O)c2cccc(C(F)(F)F)c2)CC1. The maximum absolute atomic E-state index is 12.7. The third kappa shape index (κ3) is 3.80. The van der Waals surface area contributed by atoms with Gasteiger partial charge in [-0.25, -0.2) is 8.42 Å². The third-order valence-corrected chi connectivity index (χ3v) is 5.76. The van der Waals surface area contributed by atoms with Gasteiger partial charge in [0, 0.05) is 13.1 Å². The van der Waals surface area contributed by atoms with Crippen molar-refractivity contribution < 1.29 is 21.6 Å². The predicted octanol–water partition coefficient (Wildman–Crippen LogP) is 2.33. The van der Waals surface area contributed by atoms with E-state index in [0.717, 1.165) is 18.7 Å². The number of nitrogens with one attached hydrogen (secondary N) is 1. The molecule has 0 aromatic heterocycles. The molecule has 0 radical (unpaired) electrons. The molecular formula is C14H19F3N2O2S. The molecule has 8 heteroatoms. The number of nitrogens with zero attached hydrogens (tertiary/aromatic N) is 1. The lowest BCUT2D eigenvalue weighted by molar-refractivity contribution is -0.137.